The Morgan fingerprint density at radius 1 is 1.08 bits per heavy atom. The fraction of sp³-hybridized carbons (Fsp3) is 0.833. The molecule has 0 N–H and O–H groups in total. The Hall–Kier alpha value is -0.880. The van der Waals surface area contributed by atoms with Gasteiger partial charge in [0.25, 0.3) is 0 Å². The predicted molar refractivity (Wildman–Crippen MR) is 98.4 cm³/mol. The normalized spacial score (nSPS) is 26.8. The van der Waals surface area contributed by atoms with Crippen LogP contribution in [-0.2, 0) is 10.0 Å². The number of sulfonamides is 1. The molecular weight excluding hydrogens is 322 g/mol. The molecule has 2 heterocycles. The number of hydrogen-bond acceptors (Lipinski definition) is 4. The summed E-state index contributed by atoms with van der Waals surface area (Å²) in [5, 5.41) is -0.140. The Labute approximate surface area is 146 Å². The van der Waals surface area contributed by atoms with Gasteiger partial charge in [0.15, 0.2) is 0 Å². The molecule has 24 heavy (non-hydrogen) atoms. The monoisotopic (exact) mass is 353 g/mol. The summed E-state index contributed by atoms with van der Waals surface area (Å²) in [7, 11) is -3.13. The van der Waals surface area contributed by atoms with Crippen LogP contribution in [0.25, 0.3) is 0 Å². The third kappa shape index (κ3) is 3.15. The van der Waals surface area contributed by atoms with Crippen LogP contribution in [0.1, 0.15) is 54.4 Å². The topological polar surface area (TPSA) is 53.0 Å². The lowest BCUT2D eigenvalue weighted by atomic mass is 9.71. The van der Waals surface area contributed by atoms with Crippen LogP contribution in [0, 0.1) is 10.8 Å². The zero-order valence-electron chi connectivity index (χ0n) is 15.8. The Kier molecular flexibility index (Phi) is 4.15. The maximum atomic E-state index is 12.7. The summed E-state index contributed by atoms with van der Waals surface area (Å²) >= 11 is 0. The zero-order chi connectivity index (χ0) is 17.9. The fourth-order valence-corrected chi connectivity index (χ4v) is 5.52. The second-order valence-electron chi connectivity index (χ2n) is 9.41. The molecule has 0 bridgehead atoms. The maximum absolute atomic E-state index is 12.7. The lowest BCUT2D eigenvalue weighted by Gasteiger charge is -2.46. The van der Waals surface area contributed by atoms with E-state index in [4.69, 9.17) is 4.99 Å². The molecule has 5 nitrogen and oxygen atoms in total. The number of aliphatic imine (C=N–C) groups is 1. The van der Waals surface area contributed by atoms with Crippen LogP contribution >= 0.6 is 0 Å². The van der Waals surface area contributed by atoms with Gasteiger partial charge in [0.1, 0.15) is 0 Å². The van der Waals surface area contributed by atoms with E-state index >= 15 is 0 Å². The van der Waals surface area contributed by atoms with E-state index in [9.17, 15) is 8.42 Å². The van der Waals surface area contributed by atoms with Crippen molar-refractivity contribution in [3.8, 4) is 0 Å². The van der Waals surface area contributed by atoms with Crippen molar-refractivity contribution in [1.82, 2.24) is 9.21 Å². The van der Waals surface area contributed by atoms with E-state index in [0.29, 0.717) is 19.6 Å². The van der Waals surface area contributed by atoms with Gasteiger partial charge in [-0.2, -0.15) is 4.31 Å². The largest absolute Gasteiger partial charge is 0.334 e. The lowest BCUT2D eigenvalue weighted by Crippen LogP contribution is -2.52. The molecule has 2 fully saturated rings. The number of hydrogen-bond donors (Lipinski definition) is 0. The van der Waals surface area contributed by atoms with Gasteiger partial charge in [0.2, 0.25) is 10.0 Å². The minimum atomic E-state index is -3.13. The maximum Gasteiger partial charge on any atom is 0.217 e. The van der Waals surface area contributed by atoms with Gasteiger partial charge >= 0.3 is 0 Å². The number of piperazine rings is 1. The van der Waals surface area contributed by atoms with Crippen molar-refractivity contribution in [2.45, 2.75) is 65.7 Å². The molecule has 136 valence electrons. The molecule has 3 aliphatic rings. The summed E-state index contributed by atoms with van der Waals surface area (Å²) < 4.78 is 27.1. The third-order valence-electron chi connectivity index (χ3n) is 5.14. The Morgan fingerprint density at radius 2 is 1.71 bits per heavy atom. The van der Waals surface area contributed by atoms with E-state index in [-0.39, 0.29) is 22.1 Å². The molecule has 1 saturated carbocycles. The summed E-state index contributed by atoms with van der Waals surface area (Å²) in [6.07, 6.45) is 3.57. The van der Waals surface area contributed by atoms with Gasteiger partial charge in [0, 0.05) is 18.8 Å². The fourth-order valence-electron chi connectivity index (χ4n) is 3.73. The first kappa shape index (κ1) is 17.9. The van der Waals surface area contributed by atoms with Gasteiger partial charge in [-0.15, -0.1) is 0 Å². The quantitative estimate of drug-likeness (QED) is 0.767. The minimum absolute atomic E-state index is 0.00977. The van der Waals surface area contributed by atoms with E-state index in [1.54, 1.807) is 4.31 Å². The molecule has 0 aromatic carbocycles. The van der Waals surface area contributed by atoms with Crippen LogP contribution in [-0.4, -0.2) is 54.9 Å². The highest BCUT2D eigenvalue weighted by Gasteiger charge is 2.45. The molecule has 1 aliphatic carbocycles. The highest BCUT2D eigenvalue weighted by Crippen LogP contribution is 2.43. The molecule has 0 aromatic rings. The van der Waals surface area contributed by atoms with E-state index in [1.165, 1.54) is 5.57 Å². The molecule has 1 atom stereocenters. The highest BCUT2D eigenvalue weighted by molar-refractivity contribution is 7.90. The van der Waals surface area contributed by atoms with E-state index in [1.807, 2.05) is 6.34 Å². The average Bonchev–Trinajstić information content (AvgIpc) is 3.28. The van der Waals surface area contributed by atoms with Gasteiger partial charge in [-0.1, -0.05) is 41.5 Å². The molecule has 1 unspecified atom stereocenters. The van der Waals surface area contributed by atoms with Crippen LogP contribution in [0.5, 0.6) is 0 Å². The van der Waals surface area contributed by atoms with Crippen LogP contribution in [0.3, 0.4) is 0 Å². The Bertz CT molecular complexity index is 676. The van der Waals surface area contributed by atoms with Crippen LogP contribution in [0.15, 0.2) is 16.3 Å². The molecule has 1 saturated heterocycles. The first-order valence-electron chi connectivity index (χ1n) is 8.95. The summed E-state index contributed by atoms with van der Waals surface area (Å²) in [5.74, 6) is 0. The van der Waals surface area contributed by atoms with Gasteiger partial charge < -0.3 is 4.90 Å². The van der Waals surface area contributed by atoms with Gasteiger partial charge in [-0.25, -0.2) is 8.42 Å². The molecule has 0 amide bonds. The van der Waals surface area contributed by atoms with Crippen LogP contribution in [0.2, 0.25) is 0 Å². The highest BCUT2D eigenvalue weighted by atomic mass is 32.2. The summed E-state index contributed by atoms with van der Waals surface area (Å²) in [5.41, 5.74) is 2.40. The molecule has 6 heteroatoms. The van der Waals surface area contributed by atoms with E-state index in [0.717, 1.165) is 18.5 Å². The zero-order valence-corrected chi connectivity index (χ0v) is 16.7. The summed E-state index contributed by atoms with van der Waals surface area (Å²) in [6.45, 7) is 15.0. The Morgan fingerprint density at radius 3 is 2.21 bits per heavy atom. The van der Waals surface area contributed by atoms with Crippen molar-refractivity contribution in [1.29, 1.82) is 0 Å². The lowest BCUT2D eigenvalue weighted by molar-refractivity contribution is 0.258. The SMILES string of the molecule is CC(C)(C)C1=C2CN(S(=O)(=O)C3CC3)CCN2C=NC1C(C)(C)C. The first-order valence-corrected chi connectivity index (χ1v) is 10.4. The molecule has 0 radical (unpaired) electrons. The van der Waals surface area contributed by atoms with Crippen molar-refractivity contribution in [3.05, 3.63) is 11.3 Å². The predicted octanol–water partition coefficient (Wildman–Crippen LogP) is 2.85. The number of rotatable bonds is 2. The second kappa shape index (κ2) is 5.56. The second-order valence-corrected chi connectivity index (χ2v) is 11.6. The summed E-state index contributed by atoms with van der Waals surface area (Å²) in [6, 6.07) is 0.0901. The molecule has 0 aromatic heterocycles. The minimum Gasteiger partial charge on any atom is -0.334 e. The van der Waals surface area contributed by atoms with Crippen molar-refractivity contribution in [2.75, 3.05) is 19.6 Å². The van der Waals surface area contributed by atoms with Crippen LogP contribution in [0.4, 0.5) is 0 Å². The summed E-state index contributed by atoms with van der Waals surface area (Å²) in [4.78, 5) is 7.01. The molecule has 3 rings (SSSR count). The van der Waals surface area contributed by atoms with Gasteiger partial charge in [0.05, 0.1) is 24.2 Å². The van der Waals surface area contributed by atoms with Crippen molar-refractivity contribution in [3.63, 3.8) is 0 Å². The standard InChI is InChI=1S/C18H31N3O2S/c1-17(2,3)15-14-11-21(24(22,23)13-7-8-13)10-9-20(14)12-19-16(15)18(4,5)6/h12-13,16H,7-11H2,1-6H3. The average molecular weight is 354 g/mol. The molecular formula is C18H31N3O2S. The Balaban J connectivity index is 2.02. The van der Waals surface area contributed by atoms with Crippen molar-refractivity contribution < 1.29 is 8.42 Å². The number of fused-ring (bicyclic) bond motifs is 1. The van der Waals surface area contributed by atoms with Crippen LogP contribution < -0.4 is 0 Å². The third-order valence-corrected chi connectivity index (χ3v) is 7.48. The smallest absolute Gasteiger partial charge is 0.217 e. The molecule has 0 spiro atoms. The van der Waals surface area contributed by atoms with Crippen molar-refractivity contribution >= 4 is 16.4 Å². The van der Waals surface area contributed by atoms with Gasteiger partial charge in [-0.05, 0) is 29.2 Å². The van der Waals surface area contributed by atoms with E-state index < -0.39 is 10.0 Å². The van der Waals surface area contributed by atoms with E-state index in [2.05, 4.69) is 46.4 Å². The number of nitrogens with zero attached hydrogens (tertiary/aromatic N) is 3. The van der Waals surface area contributed by atoms with Gasteiger partial charge in [-0.3, -0.25) is 4.99 Å². The van der Waals surface area contributed by atoms with Crippen molar-refractivity contribution in [2.24, 2.45) is 15.8 Å². The first-order chi connectivity index (χ1) is 10.9. The molecule has 2 aliphatic heterocycles.